The van der Waals surface area contributed by atoms with Gasteiger partial charge < -0.3 is 0 Å². The van der Waals surface area contributed by atoms with Gasteiger partial charge in [0.1, 0.15) is 10.7 Å². The highest BCUT2D eigenvalue weighted by molar-refractivity contribution is 9.10. The Morgan fingerprint density at radius 1 is 1.30 bits per heavy atom. The number of halogens is 3. The van der Waals surface area contributed by atoms with Crippen LogP contribution >= 0.6 is 27.5 Å². The van der Waals surface area contributed by atoms with Crippen molar-refractivity contribution in [1.82, 2.24) is 14.7 Å². The Hall–Kier alpha value is -1.09. The van der Waals surface area contributed by atoms with Crippen LogP contribution in [0.25, 0.3) is 0 Å². The molecule has 0 aliphatic carbocycles. The summed E-state index contributed by atoms with van der Waals surface area (Å²) in [5.41, 5.74) is 0.475. The first-order valence-electron chi connectivity index (χ1n) is 5.29. The van der Waals surface area contributed by atoms with E-state index in [0.29, 0.717) is 10.0 Å². The molecule has 20 heavy (non-hydrogen) atoms. The van der Waals surface area contributed by atoms with Gasteiger partial charge in [-0.15, -0.1) is 0 Å². The molecule has 2 aromatic rings. The average molecular weight is 381 g/mol. The summed E-state index contributed by atoms with van der Waals surface area (Å²) in [5.74, 6) is -0.447. The molecule has 0 saturated heterocycles. The van der Waals surface area contributed by atoms with Crippen molar-refractivity contribution in [3.05, 3.63) is 51.7 Å². The molecule has 0 aliphatic heterocycles. The molecule has 9 heteroatoms. The molecule has 0 amide bonds. The van der Waals surface area contributed by atoms with Crippen LogP contribution in [0.15, 0.2) is 40.0 Å². The van der Waals surface area contributed by atoms with Gasteiger partial charge in [0.15, 0.2) is 0 Å². The van der Waals surface area contributed by atoms with E-state index in [1.165, 1.54) is 18.2 Å². The smallest absolute Gasteiger partial charge is 0.225 e. The Balaban J connectivity index is 2.17. The van der Waals surface area contributed by atoms with Crippen LogP contribution in [0.5, 0.6) is 0 Å². The largest absolute Gasteiger partial charge is 0.243 e. The van der Waals surface area contributed by atoms with Gasteiger partial charge in [0.25, 0.3) is 0 Å². The molecule has 1 heterocycles. The second kappa shape index (κ2) is 6.13. The molecule has 106 valence electrons. The molecule has 5 nitrogen and oxygen atoms in total. The third-order valence-corrected chi connectivity index (χ3v) is 4.69. The van der Waals surface area contributed by atoms with E-state index in [9.17, 15) is 12.8 Å². The first kappa shape index (κ1) is 15.3. The zero-order valence-electron chi connectivity index (χ0n) is 9.85. The van der Waals surface area contributed by atoms with Crippen LogP contribution in [0.4, 0.5) is 4.39 Å². The third-order valence-electron chi connectivity index (χ3n) is 2.37. The van der Waals surface area contributed by atoms with Crippen LogP contribution in [-0.4, -0.2) is 18.4 Å². The van der Waals surface area contributed by atoms with Gasteiger partial charge in [-0.25, -0.2) is 27.5 Å². The van der Waals surface area contributed by atoms with Gasteiger partial charge in [0.2, 0.25) is 15.3 Å². The molecule has 0 fully saturated rings. The molecular weight excluding hydrogens is 373 g/mol. The van der Waals surface area contributed by atoms with Gasteiger partial charge in [-0.3, -0.25) is 0 Å². The van der Waals surface area contributed by atoms with Crippen molar-refractivity contribution in [2.75, 3.05) is 0 Å². The summed E-state index contributed by atoms with van der Waals surface area (Å²) in [6, 6.07) is 4.02. The number of hydrogen-bond donors (Lipinski definition) is 1. The maximum atomic E-state index is 13.1. The number of nitrogens with one attached hydrogen (secondary N) is 1. The molecule has 1 aromatic carbocycles. The summed E-state index contributed by atoms with van der Waals surface area (Å²) in [6.45, 7) is -0.0662. The number of sulfonamides is 1. The average Bonchev–Trinajstić information content (AvgIpc) is 2.40. The van der Waals surface area contributed by atoms with Crippen LogP contribution in [0.2, 0.25) is 5.28 Å². The standard InChI is InChI=1S/C11H8BrClFN3O2S/c12-10-2-1-8(14)3-7(10)4-17-20(18,19)9-5-15-11(13)16-6-9/h1-3,5-6,17H,4H2. The molecule has 0 saturated carbocycles. The lowest BCUT2D eigenvalue weighted by molar-refractivity contribution is 0.579. The van der Waals surface area contributed by atoms with Crippen molar-refractivity contribution in [2.45, 2.75) is 11.4 Å². The monoisotopic (exact) mass is 379 g/mol. The fourth-order valence-electron chi connectivity index (χ4n) is 1.37. The molecule has 0 radical (unpaired) electrons. The lowest BCUT2D eigenvalue weighted by Crippen LogP contribution is -2.23. The molecule has 0 aliphatic rings. The summed E-state index contributed by atoms with van der Waals surface area (Å²) in [5, 5.41) is -0.0446. The van der Waals surface area contributed by atoms with Crippen molar-refractivity contribution in [3.8, 4) is 0 Å². The molecule has 0 spiro atoms. The molecule has 1 N–H and O–H groups in total. The zero-order chi connectivity index (χ0) is 14.8. The second-order valence-corrected chi connectivity index (χ2v) is 6.71. The first-order valence-corrected chi connectivity index (χ1v) is 7.95. The van der Waals surface area contributed by atoms with Crippen molar-refractivity contribution in [2.24, 2.45) is 0 Å². The van der Waals surface area contributed by atoms with Crippen LogP contribution in [-0.2, 0) is 16.6 Å². The third kappa shape index (κ3) is 3.72. The van der Waals surface area contributed by atoms with E-state index in [2.05, 4.69) is 30.6 Å². The lowest BCUT2D eigenvalue weighted by atomic mass is 10.2. The number of nitrogens with zero attached hydrogens (tertiary/aromatic N) is 2. The predicted molar refractivity (Wildman–Crippen MR) is 75.2 cm³/mol. The van der Waals surface area contributed by atoms with Crippen LogP contribution in [0.1, 0.15) is 5.56 Å². The number of benzene rings is 1. The van der Waals surface area contributed by atoms with Gasteiger partial charge in [-0.1, -0.05) is 15.9 Å². The Labute approximate surface area is 128 Å². The Bertz CT molecular complexity index is 725. The molecule has 0 unspecified atom stereocenters. The molecular formula is C11H8BrClFN3O2S. The summed E-state index contributed by atoms with van der Waals surface area (Å²) in [4.78, 5) is 7.08. The van der Waals surface area contributed by atoms with Crippen LogP contribution in [0.3, 0.4) is 0 Å². The van der Waals surface area contributed by atoms with E-state index in [1.807, 2.05) is 0 Å². The van der Waals surface area contributed by atoms with Gasteiger partial charge in [-0.05, 0) is 35.4 Å². The van der Waals surface area contributed by atoms with E-state index in [-0.39, 0.29) is 16.7 Å². The van der Waals surface area contributed by atoms with E-state index < -0.39 is 15.8 Å². The minimum absolute atomic E-state index is 0.0446. The number of hydrogen-bond acceptors (Lipinski definition) is 4. The van der Waals surface area contributed by atoms with Crippen molar-refractivity contribution >= 4 is 37.6 Å². The minimum Gasteiger partial charge on any atom is -0.225 e. The molecule has 2 rings (SSSR count). The summed E-state index contributed by atoms with van der Waals surface area (Å²) < 4.78 is 40.0. The minimum atomic E-state index is -3.78. The maximum Gasteiger partial charge on any atom is 0.243 e. The fourth-order valence-corrected chi connectivity index (χ4v) is 2.75. The van der Waals surface area contributed by atoms with E-state index in [0.717, 1.165) is 12.4 Å². The predicted octanol–water partition coefficient (Wildman–Crippen LogP) is 2.51. The zero-order valence-corrected chi connectivity index (χ0v) is 13.0. The maximum absolute atomic E-state index is 13.1. The van der Waals surface area contributed by atoms with Gasteiger partial charge in [-0.2, -0.15) is 0 Å². The molecule has 0 atom stereocenters. The van der Waals surface area contributed by atoms with Gasteiger partial charge in [0, 0.05) is 11.0 Å². The Morgan fingerprint density at radius 2 is 1.95 bits per heavy atom. The number of aromatic nitrogens is 2. The van der Waals surface area contributed by atoms with E-state index in [4.69, 9.17) is 11.6 Å². The van der Waals surface area contributed by atoms with Crippen molar-refractivity contribution < 1.29 is 12.8 Å². The van der Waals surface area contributed by atoms with Gasteiger partial charge >= 0.3 is 0 Å². The Morgan fingerprint density at radius 3 is 2.60 bits per heavy atom. The van der Waals surface area contributed by atoms with Crippen LogP contribution < -0.4 is 4.72 Å². The normalized spacial score (nSPS) is 11.6. The first-order chi connectivity index (χ1) is 9.38. The highest BCUT2D eigenvalue weighted by Gasteiger charge is 2.15. The summed E-state index contributed by atoms with van der Waals surface area (Å²) in [6.07, 6.45) is 2.19. The highest BCUT2D eigenvalue weighted by atomic mass is 79.9. The molecule has 1 aromatic heterocycles. The number of rotatable bonds is 4. The molecule has 0 bridgehead atoms. The summed E-state index contributed by atoms with van der Waals surface area (Å²) >= 11 is 8.71. The van der Waals surface area contributed by atoms with Gasteiger partial charge in [0.05, 0.1) is 12.4 Å². The SMILES string of the molecule is O=S(=O)(NCc1cc(F)ccc1Br)c1cnc(Cl)nc1. The second-order valence-electron chi connectivity index (χ2n) is 3.75. The van der Waals surface area contributed by atoms with Crippen LogP contribution in [0, 0.1) is 5.82 Å². The van der Waals surface area contributed by atoms with E-state index >= 15 is 0 Å². The Kier molecular flexibility index (Phi) is 4.69. The lowest BCUT2D eigenvalue weighted by Gasteiger charge is -2.08. The highest BCUT2D eigenvalue weighted by Crippen LogP contribution is 2.18. The van der Waals surface area contributed by atoms with Crippen molar-refractivity contribution in [1.29, 1.82) is 0 Å². The van der Waals surface area contributed by atoms with Crippen molar-refractivity contribution in [3.63, 3.8) is 0 Å². The topological polar surface area (TPSA) is 72.0 Å². The fraction of sp³-hybridized carbons (Fsp3) is 0.0909. The van der Waals surface area contributed by atoms with E-state index in [1.54, 1.807) is 0 Å². The quantitative estimate of drug-likeness (QED) is 0.827. The summed E-state index contributed by atoms with van der Waals surface area (Å²) in [7, 11) is -3.78.